The molecule has 0 saturated heterocycles. The van der Waals surface area contributed by atoms with Gasteiger partial charge in [0.15, 0.2) is 11.5 Å². The maximum Gasteiger partial charge on any atom is 0.323 e. The molecule has 4 aromatic rings. The first-order chi connectivity index (χ1) is 19.0. The number of benzene rings is 3. The Morgan fingerprint density at radius 1 is 0.846 bits per heavy atom. The Balaban J connectivity index is 1.17. The topological polar surface area (TPSA) is 94.8 Å². The number of carbonyl (C=O) groups is 1. The molecule has 0 aliphatic carbocycles. The molecular weight excluding hydrogens is 492 g/mol. The average molecular weight is 527 g/mol. The van der Waals surface area contributed by atoms with Crippen molar-refractivity contribution in [2.75, 3.05) is 62.5 Å². The molecule has 3 aromatic carbocycles. The van der Waals surface area contributed by atoms with Gasteiger partial charge in [-0.3, -0.25) is 5.10 Å². The van der Waals surface area contributed by atoms with Crippen LogP contribution in [0.3, 0.4) is 0 Å². The summed E-state index contributed by atoms with van der Waals surface area (Å²) < 4.78 is 11.1. The summed E-state index contributed by atoms with van der Waals surface area (Å²) in [6.07, 6.45) is 0. The van der Waals surface area contributed by atoms with E-state index in [1.165, 1.54) is 5.69 Å². The summed E-state index contributed by atoms with van der Waals surface area (Å²) in [5, 5.41) is 13.3. The molecule has 0 saturated carbocycles. The lowest BCUT2D eigenvalue weighted by Crippen LogP contribution is -2.30. The van der Waals surface area contributed by atoms with Gasteiger partial charge in [0.2, 0.25) is 0 Å². The van der Waals surface area contributed by atoms with Gasteiger partial charge in [-0.1, -0.05) is 31.2 Å². The second-order valence-electron chi connectivity index (χ2n) is 9.55. The van der Waals surface area contributed by atoms with E-state index < -0.39 is 0 Å². The fourth-order valence-corrected chi connectivity index (χ4v) is 4.26. The standard InChI is InChI=1S/C30H34N6O3/c1-4-35(2)15-16-36(3)25-12-7-22(8-13-25)27-20-26(33-34-27)21-5-9-23(10-6-21)31-30(37)32-24-11-14-28-29(19-24)39-18-17-38-28/h5-14,19-20H,4,15-18H2,1-3H3,(H,33,34)(H2,31,32,37). The van der Waals surface area contributed by atoms with Crippen LogP contribution in [0.1, 0.15) is 6.92 Å². The van der Waals surface area contributed by atoms with Crippen LogP contribution in [0, 0.1) is 0 Å². The third kappa shape index (κ3) is 6.50. The van der Waals surface area contributed by atoms with E-state index in [-0.39, 0.29) is 6.03 Å². The summed E-state index contributed by atoms with van der Waals surface area (Å²) >= 11 is 0. The molecule has 1 aliphatic heterocycles. The quantitative estimate of drug-likeness (QED) is 0.265. The van der Waals surface area contributed by atoms with Gasteiger partial charge in [0.25, 0.3) is 0 Å². The monoisotopic (exact) mass is 526 g/mol. The van der Waals surface area contributed by atoms with Crippen LogP contribution >= 0.6 is 0 Å². The van der Waals surface area contributed by atoms with Crippen LogP contribution in [0.15, 0.2) is 72.8 Å². The van der Waals surface area contributed by atoms with Gasteiger partial charge < -0.3 is 29.9 Å². The van der Waals surface area contributed by atoms with E-state index >= 15 is 0 Å². The molecule has 39 heavy (non-hydrogen) atoms. The third-order valence-electron chi connectivity index (χ3n) is 6.79. The molecule has 0 spiro atoms. The van der Waals surface area contributed by atoms with Crippen molar-refractivity contribution < 1.29 is 14.3 Å². The number of nitrogens with zero attached hydrogens (tertiary/aromatic N) is 3. The number of nitrogens with one attached hydrogen (secondary N) is 3. The summed E-state index contributed by atoms with van der Waals surface area (Å²) in [6, 6.07) is 23.1. The minimum atomic E-state index is -0.338. The second kappa shape index (κ2) is 11.9. The molecule has 202 valence electrons. The van der Waals surface area contributed by atoms with Gasteiger partial charge in [-0.15, -0.1) is 0 Å². The molecule has 9 heteroatoms. The first-order valence-electron chi connectivity index (χ1n) is 13.1. The minimum Gasteiger partial charge on any atom is -0.486 e. The van der Waals surface area contributed by atoms with Crippen LogP contribution in [0.25, 0.3) is 22.5 Å². The normalized spacial score (nSPS) is 12.3. The number of H-pyrrole nitrogens is 1. The fraction of sp³-hybridized carbons (Fsp3) is 0.267. The molecule has 2 heterocycles. The predicted molar refractivity (Wildman–Crippen MR) is 156 cm³/mol. The smallest absolute Gasteiger partial charge is 0.323 e. The number of hydrogen-bond acceptors (Lipinski definition) is 6. The van der Waals surface area contributed by atoms with Crippen molar-refractivity contribution in [1.82, 2.24) is 15.1 Å². The molecule has 2 amide bonds. The first-order valence-corrected chi connectivity index (χ1v) is 13.1. The van der Waals surface area contributed by atoms with E-state index in [1.54, 1.807) is 18.2 Å². The zero-order chi connectivity index (χ0) is 27.2. The summed E-state index contributed by atoms with van der Waals surface area (Å²) in [4.78, 5) is 17.1. The summed E-state index contributed by atoms with van der Waals surface area (Å²) in [6.45, 7) is 6.23. The maximum absolute atomic E-state index is 12.5. The average Bonchev–Trinajstić information content (AvgIpc) is 3.46. The molecule has 5 rings (SSSR count). The summed E-state index contributed by atoms with van der Waals surface area (Å²) in [5.74, 6) is 1.31. The number of likely N-dealkylation sites (N-methyl/N-ethyl adjacent to an activating group) is 2. The number of aromatic nitrogens is 2. The Hall–Kier alpha value is -4.50. The largest absolute Gasteiger partial charge is 0.486 e. The van der Waals surface area contributed by atoms with Crippen molar-refractivity contribution in [1.29, 1.82) is 0 Å². The van der Waals surface area contributed by atoms with Crippen molar-refractivity contribution in [2.45, 2.75) is 6.92 Å². The van der Waals surface area contributed by atoms with Crippen LogP contribution in [0.2, 0.25) is 0 Å². The molecule has 0 unspecified atom stereocenters. The van der Waals surface area contributed by atoms with Crippen LogP contribution in [-0.4, -0.2) is 68.1 Å². The molecule has 0 bridgehead atoms. The molecule has 9 nitrogen and oxygen atoms in total. The van der Waals surface area contributed by atoms with Crippen LogP contribution in [0.4, 0.5) is 21.9 Å². The Kier molecular flexibility index (Phi) is 7.98. The van der Waals surface area contributed by atoms with Gasteiger partial charge in [-0.25, -0.2) is 4.79 Å². The highest BCUT2D eigenvalue weighted by Crippen LogP contribution is 2.32. The van der Waals surface area contributed by atoms with Crippen LogP contribution in [0.5, 0.6) is 11.5 Å². The number of fused-ring (bicyclic) bond motifs is 1. The van der Waals surface area contributed by atoms with E-state index in [2.05, 4.69) is 75.9 Å². The number of carbonyl (C=O) groups excluding carboxylic acids is 1. The highest BCUT2D eigenvalue weighted by molar-refractivity contribution is 6.00. The van der Waals surface area contributed by atoms with E-state index in [0.717, 1.165) is 42.1 Å². The Morgan fingerprint density at radius 2 is 1.51 bits per heavy atom. The van der Waals surface area contributed by atoms with Gasteiger partial charge in [0, 0.05) is 48.8 Å². The molecular formula is C30H34N6O3. The Morgan fingerprint density at radius 3 is 2.26 bits per heavy atom. The second-order valence-corrected chi connectivity index (χ2v) is 9.55. The van der Waals surface area contributed by atoms with Crippen molar-refractivity contribution in [3.05, 3.63) is 72.8 Å². The molecule has 0 fully saturated rings. The van der Waals surface area contributed by atoms with E-state index in [9.17, 15) is 4.79 Å². The number of hydrogen-bond donors (Lipinski definition) is 3. The molecule has 0 radical (unpaired) electrons. The number of urea groups is 1. The number of rotatable bonds is 9. The Bertz CT molecular complexity index is 1400. The fourth-order valence-electron chi connectivity index (χ4n) is 4.26. The number of anilines is 3. The first kappa shape index (κ1) is 26.1. The SMILES string of the molecule is CCN(C)CCN(C)c1ccc(-c2cc(-c3ccc(NC(=O)Nc4ccc5c(c4)OCCO5)cc3)[nH]n2)cc1. The highest BCUT2D eigenvalue weighted by Gasteiger charge is 2.13. The zero-order valence-corrected chi connectivity index (χ0v) is 22.5. The molecule has 0 atom stereocenters. The maximum atomic E-state index is 12.5. The van der Waals surface area contributed by atoms with Gasteiger partial charge in [-0.05, 0) is 61.6 Å². The number of ether oxygens (including phenoxy) is 2. The van der Waals surface area contributed by atoms with Crippen molar-refractivity contribution in [3.8, 4) is 34.0 Å². The lowest BCUT2D eigenvalue weighted by molar-refractivity contribution is 0.171. The van der Waals surface area contributed by atoms with Gasteiger partial charge in [-0.2, -0.15) is 5.10 Å². The van der Waals surface area contributed by atoms with Gasteiger partial charge in [0.1, 0.15) is 13.2 Å². The molecule has 1 aromatic heterocycles. The predicted octanol–water partition coefficient (Wildman–Crippen LogP) is 5.55. The molecule has 1 aliphatic rings. The summed E-state index contributed by atoms with van der Waals surface area (Å²) in [7, 11) is 4.25. The Labute approximate surface area is 228 Å². The third-order valence-corrected chi connectivity index (χ3v) is 6.79. The zero-order valence-electron chi connectivity index (χ0n) is 22.5. The minimum absolute atomic E-state index is 0.338. The van der Waals surface area contributed by atoms with Crippen molar-refractivity contribution in [3.63, 3.8) is 0 Å². The van der Waals surface area contributed by atoms with Crippen LogP contribution < -0.4 is 25.0 Å². The lowest BCUT2D eigenvalue weighted by Gasteiger charge is -2.23. The lowest BCUT2D eigenvalue weighted by atomic mass is 10.1. The van der Waals surface area contributed by atoms with E-state index in [0.29, 0.717) is 36.1 Å². The van der Waals surface area contributed by atoms with Crippen molar-refractivity contribution in [2.24, 2.45) is 0 Å². The van der Waals surface area contributed by atoms with Gasteiger partial charge in [0.05, 0.1) is 11.4 Å². The van der Waals surface area contributed by atoms with Crippen LogP contribution in [-0.2, 0) is 0 Å². The van der Waals surface area contributed by atoms with E-state index in [4.69, 9.17) is 9.47 Å². The van der Waals surface area contributed by atoms with Gasteiger partial charge >= 0.3 is 6.03 Å². The highest BCUT2D eigenvalue weighted by atomic mass is 16.6. The molecule has 3 N–H and O–H groups in total. The van der Waals surface area contributed by atoms with Crippen molar-refractivity contribution >= 4 is 23.1 Å². The summed E-state index contributed by atoms with van der Waals surface area (Å²) in [5.41, 5.74) is 6.30. The number of amides is 2. The number of aromatic amines is 1. The van der Waals surface area contributed by atoms with E-state index in [1.807, 2.05) is 30.3 Å².